The Morgan fingerprint density at radius 2 is 2.35 bits per heavy atom. The van der Waals surface area contributed by atoms with Crippen LogP contribution in [0, 0.1) is 6.92 Å². The van der Waals surface area contributed by atoms with Crippen LogP contribution in [0.2, 0.25) is 0 Å². The van der Waals surface area contributed by atoms with Gasteiger partial charge in [-0.2, -0.15) is 0 Å². The summed E-state index contributed by atoms with van der Waals surface area (Å²) in [5.41, 5.74) is 1.17. The third-order valence-electron chi connectivity index (χ3n) is 2.62. The Morgan fingerprint density at radius 3 is 2.94 bits per heavy atom. The zero-order valence-electron chi connectivity index (χ0n) is 10.7. The summed E-state index contributed by atoms with van der Waals surface area (Å²) < 4.78 is 5.63. The van der Waals surface area contributed by atoms with Crippen LogP contribution in [0.25, 0.3) is 0 Å². The molecule has 96 valence electrons. The van der Waals surface area contributed by atoms with Gasteiger partial charge >= 0.3 is 0 Å². The van der Waals surface area contributed by atoms with E-state index in [9.17, 15) is 0 Å². The summed E-state index contributed by atoms with van der Waals surface area (Å²) in [7, 11) is 1.90. The molecule has 17 heavy (non-hydrogen) atoms. The van der Waals surface area contributed by atoms with Crippen LogP contribution < -0.4 is 5.32 Å². The highest BCUT2D eigenvalue weighted by Crippen LogP contribution is 2.16. The Labute approximate surface area is 103 Å². The second-order valence-electron chi connectivity index (χ2n) is 4.07. The molecule has 0 aliphatic rings. The van der Waals surface area contributed by atoms with Crippen LogP contribution in [0.15, 0.2) is 23.1 Å². The van der Waals surface area contributed by atoms with Gasteiger partial charge in [-0.25, -0.2) is 0 Å². The van der Waals surface area contributed by atoms with Crippen molar-refractivity contribution in [1.29, 1.82) is 0 Å². The lowest BCUT2D eigenvalue weighted by Gasteiger charge is -2.18. The molecule has 1 aromatic rings. The number of aliphatic hydroxyl groups excluding tert-OH is 1. The fourth-order valence-corrected chi connectivity index (χ4v) is 1.81. The molecule has 2 N–H and O–H groups in total. The third-order valence-corrected chi connectivity index (χ3v) is 2.62. The van der Waals surface area contributed by atoms with Gasteiger partial charge in [0.15, 0.2) is 0 Å². The first-order valence-corrected chi connectivity index (χ1v) is 5.88. The summed E-state index contributed by atoms with van der Waals surface area (Å²) in [6.07, 6.45) is 1.85. The van der Waals surface area contributed by atoms with Crippen molar-refractivity contribution in [3.63, 3.8) is 0 Å². The predicted octanol–water partition coefficient (Wildman–Crippen LogP) is 1.29. The van der Waals surface area contributed by atoms with Gasteiger partial charge in [0.2, 0.25) is 0 Å². The zero-order chi connectivity index (χ0) is 12.7. The molecule has 0 aromatic carbocycles. The maximum atomic E-state index is 8.99. The minimum Gasteiger partial charge on any atom is -0.465 e. The fourth-order valence-electron chi connectivity index (χ4n) is 1.81. The highest BCUT2D eigenvalue weighted by atomic mass is 16.3. The molecule has 0 saturated carbocycles. The number of nitrogens with one attached hydrogen (secondary N) is 1. The first-order chi connectivity index (χ1) is 8.21. The number of aliphatic hydroxyl groups is 1. The van der Waals surface area contributed by atoms with Crippen molar-refractivity contribution < 1.29 is 9.52 Å². The van der Waals surface area contributed by atoms with Crippen molar-refractivity contribution in [2.75, 3.05) is 26.7 Å². The smallest absolute Gasteiger partial charge is 0.118 e. The highest BCUT2D eigenvalue weighted by Gasteiger charge is 2.10. The SMILES string of the molecule is C=CCN(CCO)Cc1cc(CNC)oc1C. The quantitative estimate of drug-likeness (QED) is 0.670. The molecule has 1 aromatic heterocycles. The van der Waals surface area contributed by atoms with Gasteiger partial charge in [0.1, 0.15) is 11.5 Å². The van der Waals surface area contributed by atoms with E-state index in [2.05, 4.69) is 22.9 Å². The molecule has 4 nitrogen and oxygen atoms in total. The maximum Gasteiger partial charge on any atom is 0.118 e. The van der Waals surface area contributed by atoms with E-state index in [1.807, 2.05) is 20.0 Å². The third kappa shape index (κ3) is 4.34. The lowest BCUT2D eigenvalue weighted by molar-refractivity contribution is 0.203. The summed E-state index contributed by atoms with van der Waals surface area (Å²) in [5, 5.41) is 12.1. The van der Waals surface area contributed by atoms with Crippen molar-refractivity contribution in [3.05, 3.63) is 35.8 Å². The van der Waals surface area contributed by atoms with Crippen LogP contribution in [0.5, 0.6) is 0 Å². The van der Waals surface area contributed by atoms with Crippen molar-refractivity contribution in [2.24, 2.45) is 0 Å². The van der Waals surface area contributed by atoms with Crippen LogP contribution in [0.3, 0.4) is 0 Å². The normalized spacial score (nSPS) is 11.1. The minimum absolute atomic E-state index is 0.161. The molecular formula is C13H22N2O2. The van der Waals surface area contributed by atoms with Gasteiger partial charge in [0.05, 0.1) is 13.2 Å². The number of furan rings is 1. The van der Waals surface area contributed by atoms with E-state index in [1.165, 1.54) is 5.56 Å². The average Bonchev–Trinajstić information content (AvgIpc) is 2.60. The topological polar surface area (TPSA) is 48.6 Å². The Morgan fingerprint density at radius 1 is 1.59 bits per heavy atom. The van der Waals surface area contributed by atoms with Crippen molar-refractivity contribution in [2.45, 2.75) is 20.0 Å². The second kappa shape index (κ2) is 7.27. The van der Waals surface area contributed by atoms with E-state index in [0.717, 1.165) is 31.2 Å². The van der Waals surface area contributed by atoms with Crippen LogP contribution in [0.4, 0.5) is 0 Å². The lowest BCUT2D eigenvalue weighted by atomic mass is 10.2. The van der Waals surface area contributed by atoms with Gasteiger partial charge in [-0.15, -0.1) is 6.58 Å². The van der Waals surface area contributed by atoms with Gasteiger partial charge < -0.3 is 14.8 Å². The Hall–Kier alpha value is -1.10. The Bertz CT molecular complexity index is 347. The fraction of sp³-hybridized carbons (Fsp3) is 0.538. The molecule has 4 heteroatoms. The molecule has 1 rings (SSSR count). The minimum atomic E-state index is 0.161. The van der Waals surface area contributed by atoms with Gasteiger partial charge in [-0.1, -0.05) is 6.08 Å². The van der Waals surface area contributed by atoms with Crippen LogP contribution in [-0.4, -0.2) is 36.8 Å². The van der Waals surface area contributed by atoms with E-state index in [-0.39, 0.29) is 6.61 Å². The number of hydrogen-bond donors (Lipinski definition) is 2. The molecule has 0 aliphatic carbocycles. The van der Waals surface area contributed by atoms with Crippen molar-refractivity contribution in [3.8, 4) is 0 Å². The monoisotopic (exact) mass is 238 g/mol. The molecule has 0 amide bonds. The van der Waals surface area contributed by atoms with E-state index < -0.39 is 0 Å². The van der Waals surface area contributed by atoms with Crippen molar-refractivity contribution in [1.82, 2.24) is 10.2 Å². The van der Waals surface area contributed by atoms with E-state index in [0.29, 0.717) is 6.54 Å². The summed E-state index contributed by atoms with van der Waals surface area (Å²) in [6.45, 7) is 8.80. The Kier molecular flexibility index (Phi) is 5.97. The van der Waals surface area contributed by atoms with E-state index in [4.69, 9.17) is 9.52 Å². The van der Waals surface area contributed by atoms with Gasteiger partial charge in [0, 0.05) is 25.2 Å². The van der Waals surface area contributed by atoms with E-state index >= 15 is 0 Å². The average molecular weight is 238 g/mol. The molecule has 0 aliphatic heterocycles. The van der Waals surface area contributed by atoms with Crippen LogP contribution in [-0.2, 0) is 13.1 Å². The first kappa shape index (κ1) is 14.0. The summed E-state index contributed by atoms with van der Waals surface area (Å²) >= 11 is 0. The first-order valence-electron chi connectivity index (χ1n) is 5.88. The summed E-state index contributed by atoms with van der Waals surface area (Å²) in [6, 6.07) is 2.07. The molecule has 0 spiro atoms. The standard InChI is InChI=1S/C13H22N2O2/c1-4-5-15(6-7-16)10-12-8-13(9-14-3)17-11(12)2/h4,8,14,16H,1,5-7,9-10H2,2-3H3. The molecule has 0 unspecified atom stereocenters. The van der Waals surface area contributed by atoms with Gasteiger partial charge in [-0.3, -0.25) is 4.90 Å². The number of aryl methyl sites for hydroxylation is 1. The molecule has 0 atom stereocenters. The largest absolute Gasteiger partial charge is 0.465 e. The molecular weight excluding hydrogens is 216 g/mol. The molecule has 0 bridgehead atoms. The number of hydrogen-bond acceptors (Lipinski definition) is 4. The number of rotatable bonds is 8. The zero-order valence-corrected chi connectivity index (χ0v) is 10.7. The second-order valence-corrected chi connectivity index (χ2v) is 4.07. The van der Waals surface area contributed by atoms with Gasteiger partial charge in [0.25, 0.3) is 0 Å². The van der Waals surface area contributed by atoms with E-state index in [1.54, 1.807) is 0 Å². The lowest BCUT2D eigenvalue weighted by Crippen LogP contribution is -2.26. The van der Waals surface area contributed by atoms with Gasteiger partial charge in [-0.05, 0) is 20.0 Å². The number of nitrogens with zero attached hydrogens (tertiary/aromatic N) is 1. The molecule has 1 heterocycles. The molecule has 0 radical (unpaired) electrons. The summed E-state index contributed by atoms with van der Waals surface area (Å²) in [5.74, 6) is 1.89. The van der Waals surface area contributed by atoms with Crippen molar-refractivity contribution >= 4 is 0 Å². The Balaban J connectivity index is 2.67. The predicted molar refractivity (Wildman–Crippen MR) is 68.8 cm³/mol. The maximum absolute atomic E-state index is 8.99. The van der Waals surface area contributed by atoms with Crippen LogP contribution in [0.1, 0.15) is 17.1 Å². The van der Waals surface area contributed by atoms with Crippen LogP contribution >= 0.6 is 0 Å². The molecule has 0 fully saturated rings. The summed E-state index contributed by atoms with van der Waals surface area (Å²) in [4.78, 5) is 2.13. The highest BCUT2D eigenvalue weighted by molar-refractivity contribution is 5.20. The molecule has 0 saturated heterocycles.